The van der Waals surface area contributed by atoms with Crippen LogP contribution in [0.5, 0.6) is 11.5 Å². The Morgan fingerprint density at radius 2 is 1.75 bits per heavy atom. The molecule has 0 saturated heterocycles. The van der Waals surface area contributed by atoms with E-state index >= 15 is 0 Å². The van der Waals surface area contributed by atoms with E-state index in [0.717, 1.165) is 43.1 Å². The minimum absolute atomic E-state index is 0.207. The highest BCUT2D eigenvalue weighted by Crippen LogP contribution is 2.50. The first-order valence-corrected chi connectivity index (χ1v) is 12.4. The van der Waals surface area contributed by atoms with E-state index in [-0.39, 0.29) is 23.4 Å². The number of halogens is 3. The zero-order valence-corrected chi connectivity index (χ0v) is 18.9. The fourth-order valence-corrected chi connectivity index (χ4v) is 6.71. The first-order valence-electron chi connectivity index (χ1n) is 12.4. The van der Waals surface area contributed by atoms with Crippen molar-refractivity contribution in [1.29, 1.82) is 0 Å². The van der Waals surface area contributed by atoms with Crippen molar-refractivity contribution < 1.29 is 27.4 Å². The van der Waals surface area contributed by atoms with Gasteiger partial charge < -0.3 is 9.47 Å². The van der Waals surface area contributed by atoms with Crippen LogP contribution >= 0.6 is 0 Å². The number of fused-ring (bicyclic) bond motifs is 1. The largest absolute Gasteiger partial charge is 0.435 e. The topological polar surface area (TPSA) is 35.5 Å². The minimum atomic E-state index is -3.03. The second kappa shape index (κ2) is 10.5. The van der Waals surface area contributed by atoms with Gasteiger partial charge in [-0.05, 0) is 80.2 Å². The molecule has 0 heterocycles. The molecule has 3 aliphatic rings. The van der Waals surface area contributed by atoms with E-state index < -0.39 is 12.4 Å². The molecule has 0 radical (unpaired) electrons. The number of hydrogen-bond acceptors (Lipinski definition) is 3. The lowest BCUT2D eigenvalue weighted by Crippen LogP contribution is -2.40. The number of carbonyl (C=O) groups excluding carboxylic acids is 1. The lowest BCUT2D eigenvalue weighted by molar-refractivity contribution is -0.144. The summed E-state index contributed by atoms with van der Waals surface area (Å²) in [4.78, 5) is 12.9. The van der Waals surface area contributed by atoms with E-state index in [1.165, 1.54) is 63.5 Å². The van der Waals surface area contributed by atoms with Crippen molar-refractivity contribution >= 4 is 5.97 Å². The maximum atomic E-state index is 14.3. The van der Waals surface area contributed by atoms with Crippen LogP contribution in [0.25, 0.3) is 0 Å². The van der Waals surface area contributed by atoms with Gasteiger partial charge in [-0.1, -0.05) is 39.0 Å². The summed E-state index contributed by atoms with van der Waals surface area (Å²) in [5, 5.41) is 0. The Labute approximate surface area is 189 Å². The number of hydrogen-bond donors (Lipinski definition) is 0. The van der Waals surface area contributed by atoms with Crippen LogP contribution in [-0.4, -0.2) is 12.6 Å². The molecule has 32 heavy (non-hydrogen) atoms. The third-order valence-corrected chi connectivity index (χ3v) is 8.47. The Morgan fingerprint density at radius 3 is 2.44 bits per heavy atom. The first kappa shape index (κ1) is 23.4. The summed E-state index contributed by atoms with van der Waals surface area (Å²) >= 11 is 0. The highest BCUT2D eigenvalue weighted by molar-refractivity contribution is 5.75. The van der Waals surface area contributed by atoms with Crippen molar-refractivity contribution in [2.75, 3.05) is 0 Å². The molecule has 6 heteroatoms. The van der Waals surface area contributed by atoms with Crippen LogP contribution in [0.2, 0.25) is 0 Å². The molecule has 3 nitrogen and oxygen atoms in total. The standard InChI is InChI=1S/C26H35F3O3/c1-2-16-6-8-17(9-7-16)18-10-12-21-19(14-18)4-3-5-22(21)25(30)32-24-13-11-20(15-23(24)27)31-26(28)29/h11,13,15-19,21-22,26H,2-10,12,14H2,1H3. The quantitative estimate of drug-likeness (QED) is 0.334. The summed E-state index contributed by atoms with van der Waals surface area (Å²) < 4.78 is 48.5. The number of benzene rings is 1. The van der Waals surface area contributed by atoms with Crippen LogP contribution in [0.1, 0.15) is 77.6 Å². The van der Waals surface area contributed by atoms with E-state index in [1.807, 2.05) is 0 Å². The van der Waals surface area contributed by atoms with Gasteiger partial charge in [0.25, 0.3) is 0 Å². The molecule has 0 bridgehead atoms. The second-order valence-electron chi connectivity index (χ2n) is 10.1. The third kappa shape index (κ3) is 5.43. The predicted molar refractivity (Wildman–Crippen MR) is 116 cm³/mol. The molecule has 0 aliphatic heterocycles. The van der Waals surface area contributed by atoms with Crippen LogP contribution in [0.15, 0.2) is 18.2 Å². The molecule has 0 spiro atoms. The molecule has 3 aliphatic carbocycles. The number of alkyl halides is 2. The number of ether oxygens (including phenoxy) is 2. The molecular weight excluding hydrogens is 417 g/mol. The predicted octanol–water partition coefficient (Wildman–Crippen LogP) is 7.38. The Bertz CT molecular complexity index is 776. The van der Waals surface area contributed by atoms with Crippen LogP contribution < -0.4 is 9.47 Å². The molecule has 1 aromatic rings. The fourth-order valence-electron chi connectivity index (χ4n) is 6.71. The molecule has 1 aromatic carbocycles. The summed E-state index contributed by atoms with van der Waals surface area (Å²) in [6.07, 6.45) is 13.1. The van der Waals surface area contributed by atoms with E-state index in [9.17, 15) is 18.0 Å². The summed E-state index contributed by atoms with van der Waals surface area (Å²) in [6, 6.07) is 3.21. The van der Waals surface area contributed by atoms with Crippen LogP contribution in [-0.2, 0) is 4.79 Å². The van der Waals surface area contributed by atoms with Gasteiger partial charge in [0.1, 0.15) is 5.75 Å². The van der Waals surface area contributed by atoms with Crippen molar-refractivity contribution in [2.45, 2.75) is 84.2 Å². The third-order valence-electron chi connectivity index (χ3n) is 8.47. The SMILES string of the molecule is CCC1CCC(C2CCC3C(CCCC3C(=O)Oc3ccc(OC(F)F)cc3F)C2)CC1. The molecule has 0 N–H and O–H groups in total. The summed E-state index contributed by atoms with van der Waals surface area (Å²) in [5.41, 5.74) is 0. The van der Waals surface area contributed by atoms with Gasteiger partial charge >= 0.3 is 12.6 Å². The highest BCUT2D eigenvalue weighted by atomic mass is 19.3. The summed E-state index contributed by atoms with van der Waals surface area (Å²) in [6.45, 7) is -0.728. The Kier molecular flexibility index (Phi) is 7.67. The molecule has 4 atom stereocenters. The second-order valence-corrected chi connectivity index (χ2v) is 10.1. The Hall–Kier alpha value is -1.72. The zero-order valence-electron chi connectivity index (χ0n) is 18.9. The Morgan fingerprint density at radius 1 is 1.00 bits per heavy atom. The number of esters is 1. The normalized spacial score (nSPS) is 32.9. The maximum absolute atomic E-state index is 14.3. The summed E-state index contributed by atoms with van der Waals surface area (Å²) in [7, 11) is 0. The lowest BCUT2D eigenvalue weighted by atomic mass is 9.59. The van der Waals surface area contributed by atoms with Gasteiger partial charge in [0.2, 0.25) is 0 Å². The molecule has 0 amide bonds. The molecule has 3 fully saturated rings. The van der Waals surface area contributed by atoms with Gasteiger partial charge in [-0.15, -0.1) is 0 Å². The molecule has 178 valence electrons. The van der Waals surface area contributed by atoms with Crippen molar-refractivity contribution in [3.8, 4) is 11.5 Å². The molecule has 0 aromatic heterocycles. The Balaban J connectivity index is 1.35. The van der Waals surface area contributed by atoms with Gasteiger partial charge in [0.05, 0.1) is 5.92 Å². The van der Waals surface area contributed by atoms with Crippen molar-refractivity contribution in [2.24, 2.45) is 35.5 Å². The van der Waals surface area contributed by atoms with Gasteiger partial charge in [-0.2, -0.15) is 8.78 Å². The summed E-state index contributed by atoms with van der Waals surface area (Å²) in [5.74, 6) is 1.42. The molecule has 4 rings (SSSR count). The van der Waals surface area contributed by atoms with Crippen LogP contribution in [0.3, 0.4) is 0 Å². The zero-order chi connectivity index (χ0) is 22.7. The number of rotatable bonds is 6. The van der Waals surface area contributed by atoms with Crippen molar-refractivity contribution in [3.05, 3.63) is 24.0 Å². The van der Waals surface area contributed by atoms with Crippen LogP contribution in [0, 0.1) is 41.3 Å². The highest BCUT2D eigenvalue weighted by Gasteiger charge is 2.43. The maximum Gasteiger partial charge on any atom is 0.387 e. The minimum Gasteiger partial charge on any atom is -0.435 e. The van der Waals surface area contributed by atoms with E-state index in [0.29, 0.717) is 11.8 Å². The number of carbonyl (C=O) groups is 1. The average Bonchev–Trinajstić information content (AvgIpc) is 2.79. The van der Waals surface area contributed by atoms with Gasteiger partial charge in [0, 0.05) is 6.07 Å². The van der Waals surface area contributed by atoms with Crippen molar-refractivity contribution in [1.82, 2.24) is 0 Å². The molecule has 3 saturated carbocycles. The lowest BCUT2D eigenvalue weighted by Gasteiger charge is -2.46. The average molecular weight is 453 g/mol. The van der Waals surface area contributed by atoms with E-state index in [1.54, 1.807) is 0 Å². The fraction of sp³-hybridized carbons (Fsp3) is 0.731. The van der Waals surface area contributed by atoms with E-state index in [2.05, 4.69) is 11.7 Å². The van der Waals surface area contributed by atoms with Gasteiger partial charge in [-0.25, -0.2) is 4.39 Å². The molecule has 4 unspecified atom stereocenters. The molecular formula is C26H35F3O3. The van der Waals surface area contributed by atoms with Gasteiger partial charge in [0.15, 0.2) is 11.6 Å². The first-order chi connectivity index (χ1) is 15.4. The van der Waals surface area contributed by atoms with Crippen LogP contribution in [0.4, 0.5) is 13.2 Å². The van der Waals surface area contributed by atoms with Crippen molar-refractivity contribution in [3.63, 3.8) is 0 Å². The smallest absolute Gasteiger partial charge is 0.387 e. The monoisotopic (exact) mass is 452 g/mol. The van der Waals surface area contributed by atoms with E-state index in [4.69, 9.17) is 4.74 Å². The van der Waals surface area contributed by atoms with Gasteiger partial charge in [-0.3, -0.25) is 4.79 Å².